The standard InChI is InChI=1S/C22H16ClN3O3S/c1-28-16-9-10-19-20(13-16)30-22(25-19)26(24-14-17-6-4-12-29-17)21(27)11-8-15-5-2-3-7-18(15)23/h2-14H,1H3/b11-8+,24-14+. The number of benzene rings is 2. The molecule has 6 nitrogen and oxygen atoms in total. The van der Waals surface area contributed by atoms with Crippen LogP contribution in [0.4, 0.5) is 5.13 Å². The Kier molecular flexibility index (Phi) is 5.92. The number of nitrogens with zero attached hydrogens (tertiary/aromatic N) is 3. The molecule has 0 bridgehead atoms. The zero-order valence-electron chi connectivity index (χ0n) is 15.9. The average molecular weight is 438 g/mol. The lowest BCUT2D eigenvalue weighted by Gasteiger charge is -2.10. The Labute approximate surface area is 181 Å². The summed E-state index contributed by atoms with van der Waals surface area (Å²) in [6.07, 6.45) is 6.06. The number of anilines is 1. The topological polar surface area (TPSA) is 67.9 Å². The summed E-state index contributed by atoms with van der Waals surface area (Å²) in [4.78, 5) is 17.5. The normalized spacial score (nSPS) is 11.5. The van der Waals surface area contributed by atoms with Gasteiger partial charge < -0.3 is 9.15 Å². The molecule has 0 unspecified atom stereocenters. The SMILES string of the molecule is COc1ccc2nc(N(/N=C/c3ccco3)C(=O)/C=C/c3ccccc3Cl)sc2c1. The van der Waals surface area contributed by atoms with Gasteiger partial charge in [-0.15, -0.1) is 0 Å². The fourth-order valence-corrected chi connectivity index (χ4v) is 3.79. The first-order valence-electron chi connectivity index (χ1n) is 8.93. The number of halogens is 1. The molecule has 2 heterocycles. The Morgan fingerprint density at radius 1 is 1.23 bits per heavy atom. The molecule has 4 aromatic rings. The van der Waals surface area contributed by atoms with Crippen molar-refractivity contribution in [2.45, 2.75) is 0 Å². The summed E-state index contributed by atoms with van der Waals surface area (Å²) in [5.41, 5.74) is 1.48. The van der Waals surface area contributed by atoms with Crippen molar-refractivity contribution in [3.05, 3.63) is 83.3 Å². The molecule has 0 atom stereocenters. The molecule has 2 aromatic heterocycles. The maximum atomic E-state index is 13.0. The van der Waals surface area contributed by atoms with E-state index in [0.717, 1.165) is 15.8 Å². The number of furan rings is 1. The Hall–Kier alpha value is -3.42. The predicted octanol–water partition coefficient (Wildman–Crippen LogP) is 5.63. The van der Waals surface area contributed by atoms with Crippen LogP contribution < -0.4 is 9.75 Å². The highest BCUT2D eigenvalue weighted by atomic mass is 35.5. The van der Waals surface area contributed by atoms with Gasteiger partial charge in [0.05, 0.1) is 29.8 Å². The van der Waals surface area contributed by atoms with Crippen LogP contribution in [0.25, 0.3) is 16.3 Å². The van der Waals surface area contributed by atoms with Crippen molar-refractivity contribution in [2.24, 2.45) is 5.10 Å². The monoisotopic (exact) mass is 437 g/mol. The Morgan fingerprint density at radius 3 is 2.87 bits per heavy atom. The third kappa shape index (κ3) is 4.42. The van der Waals surface area contributed by atoms with Crippen molar-refractivity contribution in [3.63, 3.8) is 0 Å². The van der Waals surface area contributed by atoms with Gasteiger partial charge in [0.25, 0.3) is 5.91 Å². The number of carbonyl (C=O) groups is 1. The van der Waals surface area contributed by atoms with Crippen LogP contribution in [0.15, 0.2) is 76.5 Å². The van der Waals surface area contributed by atoms with E-state index in [2.05, 4.69) is 10.1 Å². The number of thiazole rings is 1. The number of fused-ring (bicyclic) bond motifs is 1. The predicted molar refractivity (Wildman–Crippen MR) is 120 cm³/mol. The molecule has 0 spiro atoms. The van der Waals surface area contributed by atoms with Gasteiger partial charge in [-0.3, -0.25) is 4.79 Å². The molecule has 0 saturated carbocycles. The summed E-state index contributed by atoms with van der Waals surface area (Å²) in [6, 6.07) is 16.3. The summed E-state index contributed by atoms with van der Waals surface area (Å²) in [7, 11) is 1.60. The lowest BCUT2D eigenvalue weighted by molar-refractivity contribution is -0.114. The van der Waals surface area contributed by atoms with Crippen molar-refractivity contribution in [1.82, 2.24) is 4.98 Å². The van der Waals surface area contributed by atoms with Crippen molar-refractivity contribution in [2.75, 3.05) is 12.1 Å². The third-order valence-electron chi connectivity index (χ3n) is 4.13. The fourth-order valence-electron chi connectivity index (χ4n) is 2.63. The molecule has 0 aliphatic carbocycles. The van der Waals surface area contributed by atoms with Crippen LogP contribution in [0, 0.1) is 0 Å². The highest BCUT2D eigenvalue weighted by Crippen LogP contribution is 2.32. The number of amides is 1. The molecular formula is C22H16ClN3O3S. The maximum absolute atomic E-state index is 13.0. The van der Waals surface area contributed by atoms with Crippen LogP contribution in [0.1, 0.15) is 11.3 Å². The fraction of sp³-hybridized carbons (Fsp3) is 0.0455. The van der Waals surface area contributed by atoms with Crippen LogP contribution in [0.5, 0.6) is 5.75 Å². The zero-order chi connectivity index (χ0) is 20.9. The number of methoxy groups -OCH3 is 1. The summed E-state index contributed by atoms with van der Waals surface area (Å²) in [5.74, 6) is 0.864. The number of aromatic nitrogens is 1. The largest absolute Gasteiger partial charge is 0.497 e. The van der Waals surface area contributed by atoms with Gasteiger partial charge in [0.2, 0.25) is 5.13 Å². The molecule has 0 N–H and O–H groups in total. The number of hydrazone groups is 1. The first kappa shape index (κ1) is 19.9. The molecule has 0 fully saturated rings. The van der Waals surface area contributed by atoms with Crippen molar-refractivity contribution >= 4 is 56.5 Å². The highest BCUT2D eigenvalue weighted by molar-refractivity contribution is 7.22. The van der Waals surface area contributed by atoms with E-state index in [1.165, 1.54) is 34.9 Å². The molecule has 0 aliphatic rings. The van der Waals surface area contributed by atoms with Gasteiger partial charge in [0.15, 0.2) is 0 Å². The molecule has 0 radical (unpaired) electrons. The van der Waals surface area contributed by atoms with Gasteiger partial charge in [-0.2, -0.15) is 10.1 Å². The average Bonchev–Trinajstić information content (AvgIpc) is 3.42. The first-order chi connectivity index (χ1) is 14.6. The molecule has 8 heteroatoms. The number of ether oxygens (including phenoxy) is 1. The van der Waals surface area contributed by atoms with E-state index < -0.39 is 0 Å². The second kappa shape index (κ2) is 8.94. The third-order valence-corrected chi connectivity index (χ3v) is 5.47. The summed E-state index contributed by atoms with van der Waals surface area (Å²) in [5, 5.41) is 6.52. The second-order valence-corrected chi connectivity index (χ2v) is 7.51. The molecular weight excluding hydrogens is 422 g/mol. The van der Waals surface area contributed by atoms with Gasteiger partial charge in [-0.1, -0.05) is 41.1 Å². The maximum Gasteiger partial charge on any atom is 0.273 e. The Balaban J connectivity index is 1.69. The van der Waals surface area contributed by atoms with E-state index in [-0.39, 0.29) is 5.91 Å². The van der Waals surface area contributed by atoms with E-state index in [1.54, 1.807) is 31.4 Å². The Morgan fingerprint density at radius 2 is 2.10 bits per heavy atom. The van der Waals surface area contributed by atoms with E-state index in [0.29, 0.717) is 21.7 Å². The molecule has 1 amide bonds. The van der Waals surface area contributed by atoms with Crippen molar-refractivity contribution in [1.29, 1.82) is 0 Å². The van der Waals surface area contributed by atoms with Crippen molar-refractivity contribution < 1.29 is 13.9 Å². The molecule has 150 valence electrons. The Bertz CT molecular complexity index is 1230. The summed E-state index contributed by atoms with van der Waals surface area (Å²) >= 11 is 7.51. The minimum absolute atomic E-state index is 0.372. The molecule has 2 aromatic carbocycles. The van der Waals surface area contributed by atoms with Crippen LogP contribution in [0.3, 0.4) is 0 Å². The van der Waals surface area contributed by atoms with E-state index >= 15 is 0 Å². The number of rotatable bonds is 6. The van der Waals surface area contributed by atoms with Crippen LogP contribution >= 0.6 is 22.9 Å². The number of hydrogen-bond donors (Lipinski definition) is 0. The summed E-state index contributed by atoms with van der Waals surface area (Å²) in [6.45, 7) is 0. The van der Waals surface area contributed by atoms with Gasteiger partial charge in [-0.25, -0.2) is 4.98 Å². The smallest absolute Gasteiger partial charge is 0.273 e. The quantitative estimate of drug-likeness (QED) is 0.222. The van der Waals surface area contributed by atoms with Gasteiger partial charge in [0, 0.05) is 11.1 Å². The zero-order valence-corrected chi connectivity index (χ0v) is 17.4. The minimum Gasteiger partial charge on any atom is -0.497 e. The van der Waals surface area contributed by atoms with E-state index in [4.69, 9.17) is 20.8 Å². The second-order valence-electron chi connectivity index (χ2n) is 6.09. The van der Waals surface area contributed by atoms with Crippen LogP contribution in [-0.2, 0) is 4.79 Å². The molecule has 4 rings (SSSR count). The minimum atomic E-state index is -0.372. The van der Waals surface area contributed by atoms with E-state index in [1.807, 2.05) is 36.4 Å². The lowest BCUT2D eigenvalue weighted by Crippen LogP contribution is -2.23. The van der Waals surface area contributed by atoms with Crippen molar-refractivity contribution in [3.8, 4) is 5.75 Å². The molecule has 30 heavy (non-hydrogen) atoms. The van der Waals surface area contributed by atoms with Crippen LogP contribution in [-0.4, -0.2) is 24.2 Å². The first-order valence-corrected chi connectivity index (χ1v) is 10.1. The summed E-state index contributed by atoms with van der Waals surface area (Å²) < 4.78 is 11.4. The van der Waals surface area contributed by atoms with E-state index in [9.17, 15) is 4.79 Å². The molecule has 0 saturated heterocycles. The molecule has 0 aliphatic heterocycles. The van der Waals surface area contributed by atoms with Crippen LogP contribution in [0.2, 0.25) is 5.02 Å². The van der Waals surface area contributed by atoms with Gasteiger partial charge in [0.1, 0.15) is 11.5 Å². The number of hydrogen-bond acceptors (Lipinski definition) is 6. The lowest BCUT2D eigenvalue weighted by atomic mass is 10.2. The van der Waals surface area contributed by atoms with Gasteiger partial charge >= 0.3 is 0 Å². The highest BCUT2D eigenvalue weighted by Gasteiger charge is 2.18. The van der Waals surface area contributed by atoms with Gasteiger partial charge in [-0.05, 0) is 48.0 Å². The number of carbonyl (C=O) groups excluding carboxylic acids is 1.